The second kappa shape index (κ2) is 7.07. The van der Waals surface area contributed by atoms with Gasteiger partial charge in [0.15, 0.2) is 0 Å². The first-order valence-electron chi connectivity index (χ1n) is 8.22. The van der Waals surface area contributed by atoms with Gasteiger partial charge in [0.25, 0.3) is 0 Å². The van der Waals surface area contributed by atoms with Crippen LogP contribution in [0.15, 0.2) is 6.07 Å². The lowest BCUT2D eigenvalue weighted by Crippen LogP contribution is -2.19. The number of aromatic nitrogens is 2. The molecule has 1 N–H and O–H groups in total. The lowest BCUT2D eigenvalue weighted by atomic mass is 10.2. The van der Waals surface area contributed by atoms with Gasteiger partial charge in [-0.05, 0) is 32.1 Å². The van der Waals surface area contributed by atoms with Crippen LogP contribution in [-0.4, -0.2) is 35.8 Å². The molecule has 0 bridgehead atoms. The molecule has 1 unspecified atom stereocenters. The van der Waals surface area contributed by atoms with E-state index in [1.165, 1.54) is 12.8 Å². The van der Waals surface area contributed by atoms with Crippen molar-refractivity contribution in [3.05, 3.63) is 11.9 Å². The van der Waals surface area contributed by atoms with Gasteiger partial charge in [-0.1, -0.05) is 13.3 Å². The minimum absolute atomic E-state index is 0.314. The van der Waals surface area contributed by atoms with E-state index in [-0.39, 0.29) is 0 Å². The summed E-state index contributed by atoms with van der Waals surface area (Å²) in [5.74, 6) is 3.03. The zero-order valence-corrected chi connectivity index (χ0v) is 12.8. The fraction of sp³-hybridized carbons (Fsp3) is 0.750. The quantitative estimate of drug-likeness (QED) is 0.746. The Morgan fingerprint density at radius 1 is 1.33 bits per heavy atom. The Labute approximate surface area is 126 Å². The second-order valence-electron chi connectivity index (χ2n) is 5.94. The van der Waals surface area contributed by atoms with E-state index >= 15 is 0 Å². The normalized spacial score (nSPS) is 21.5. The molecule has 1 saturated carbocycles. The molecule has 2 heterocycles. The van der Waals surface area contributed by atoms with Gasteiger partial charge in [0, 0.05) is 25.1 Å². The summed E-state index contributed by atoms with van der Waals surface area (Å²) in [5.41, 5.74) is 0. The molecule has 5 heteroatoms. The van der Waals surface area contributed by atoms with Gasteiger partial charge >= 0.3 is 0 Å². The van der Waals surface area contributed by atoms with E-state index in [0.717, 1.165) is 57.1 Å². The standard InChI is InChI=1S/C16H25N3O2/c1-2-3-8-21-15-10-14(17-11-13-5-4-9-20-13)18-16(19-15)12-6-7-12/h10,12-13H,2-9,11H2,1H3,(H,17,18,19). The number of hydrogen-bond donors (Lipinski definition) is 1. The Morgan fingerprint density at radius 2 is 2.24 bits per heavy atom. The van der Waals surface area contributed by atoms with E-state index in [1.807, 2.05) is 6.07 Å². The maximum Gasteiger partial charge on any atom is 0.218 e. The summed E-state index contributed by atoms with van der Waals surface area (Å²) in [5, 5.41) is 3.38. The average molecular weight is 291 g/mol. The van der Waals surface area contributed by atoms with Crippen LogP contribution in [0, 0.1) is 0 Å². The van der Waals surface area contributed by atoms with Crippen molar-refractivity contribution >= 4 is 5.82 Å². The highest BCUT2D eigenvalue weighted by Crippen LogP contribution is 2.39. The molecule has 0 aromatic carbocycles. The number of nitrogens with zero attached hydrogens (tertiary/aromatic N) is 2. The van der Waals surface area contributed by atoms with Gasteiger partial charge in [-0.2, -0.15) is 4.98 Å². The molecule has 0 radical (unpaired) electrons. The van der Waals surface area contributed by atoms with Crippen molar-refractivity contribution in [3.8, 4) is 5.88 Å². The molecule has 1 atom stereocenters. The molecule has 3 rings (SSSR count). The van der Waals surface area contributed by atoms with Crippen molar-refractivity contribution in [2.75, 3.05) is 25.1 Å². The fourth-order valence-corrected chi connectivity index (χ4v) is 2.48. The van der Waals surface area contributed by atoms with E-state index in [4.69, 9.17) is 9.47 Å². The van der Waals surface area contributed by atoms with Crippen LogP contribution in [0.5, 0.6) is 5.88 Å². The Morgan fingerprint density at radius 3 is 2.95 bits per heavy atom. The SMILES string of the molecule is CCCCOc1cc(NCC2CCCO2)nc(C2CC2)n1. The zero-order valence-electron chi connectivity index (χ0n) is 12.8. The third kappa shape index (κ3) is 4.30. The van der Waals surface area contributed by atoms with Crippen molar-refractivity contribution in [2.45, 2.75) is 57.5 Å². The van der Waals surface area contributed by atoms with Gasteiger partial charge in [-0.3, -0.25) is 0 Å². The molecule has 1 aromatic rings. The molecular formula is C16H25N3O2. The van der Waals surface area contributed by atoms with Crippen molar-refractivity contribution in [1.82, 2.24) is 9.97 Å². The van der Waals surface area contributed by atoms with Crippen molar-refractivity contribution in [3.63, 3.8) is 0 Å². The summed E-state index contributed by atoms with van der Waals surface area (Å²) >= 11 is 0. The third-order valence-electron chi connectivity index (χ3n) is 3.95. The molecular weight excluding hydrogens is 266 g/mol. The lowest BCUT2D eigenvalue weighted by molar-refractivity contribution is 0.120. The second-order valence-corrected chi connectivity index (χ2v) is 5.94. The summed E-state index contributed by atoms with van der Waals surface area (Å²) < 4.78 is 11.4. The zero-order chi connectivity index (χ0) is 14.5. The highest BCUT2D eigenvalue weighted by atomic mass is 16.5. The van der Waals surface area contributed by atoms with Gasteiger partial charge in [0.05, 0.1) is 12.7 Å². The minimum Gasteiger partial charge on any atom is -0.478 e. The van der Waals surface area contributed by atoms with Crippen LogP contribution < -0.4 is 10.1 Å². The molecule has 1 aliphatic carbocycles. The van der Waals surface area contributed by atoms with Gasteiger partial charge in [-0.15, -0.1) is 0 Å². The molecule has 1 aromatic heterocycles. The highest BCUT2D eigenvalue weighted by Gasteiger charge is 2.27. The summed E-state index contributed by atoms with van der Waals surface area (Å²) in [6.45, 7) is 4.58. The van der Waals surface area contributed by atoms with E-state index in [9.17, 15) is 0 Å². The average Bonchev–Trinajstić information content (AvgIpc) is 3.22. The fourth-order valence-electron chi connectivity index (χ4n) is 2.48. The van der Waals surface area contributed by atoms with Crippen LogP contribution in [0.4, 0.5) is 5.82 Å². The molecule has 2 aliphatic rings. The van der Waals surface area contributed by atoms with Crippen LogP contribution in [0.1, 0.15) is 57.2 Å². The lowest BCUT2D eigenvalue weighted by Gasteiger charge is -2.13. The maximum absolute atomic E-state index is 5.76. The largest absolute Gasteiger partial charge is 0.478 e. The van der Waals surface area contributed by atoms with Crippen LogP contribution in [-0.2, 0) is 4.74 Å². The Bertz CT molecular complexity index is 457. The van der Waals surface area contributed by atoms with Crippen LogP contribution in [0.3, 0.4) is 0 Å². The van der Waals surface area contributed by atoms with E-state index in [0.29, 0.717) is 17.9 Å². The van der Waals surface area contributed by atoms with E-state index in [1.54, 1.807) is 0 Å². The first-order valence-corrected chi connectivity index (χ1v) is 8.22. The number of hydrogen-bond acceptors (Lipinski definition) is 5. The topological polar surface area (TPSA) is 56.3 Å². The molecule has 2 fully saturated rings. The summed E-state index contributed by atoms with van der Waals surface area (Å²) in [6.07, 6.45) is 7.19. The van der Waals surface area contributed by atoms with Gasteiger partial charge < -0.3 is 14.8 Å². The number of rotatable bonds is 8. The minimum atomic E-state index is 0.314. The number of nitrogens with one attached hydrogen (secondary N) is 1. The first-order chi connectivity index (χ1) is 10.3. The first kappa shape index (κ1) is 14.6. The van der Waals surface area contributed by atoms with Gasteiger partial charge in [0.2, 0.25) is 5.88 Å². The van der Waals surface area contributed by atoms with Crippen LogP contribution >= 0.6 is 0 Å². The molecule has 1 saturated heterocycles. The molecule has 116 valence electrons. The monoisotopic (exact) mass is 291 g/mol. The van der Waals surface area contributed by atoms with Crippen molar-refractivity contribution in [2.24, 2.45) is 0 Å². The van der Waals surface area contributed by atoms with E-state index in [2.05, 4.69) is 22.2 Å². The van der Waals surface area contributed by atoms with Crippen LogP contribution in [0.2, 0.25) is 0 Å². The summed E-state index contributed by atoms with van der Waals surface area (Å²) in [7, 11) is 0. The molecule has 1 aliphatic heterocycles. The predicted molar refractivity (Wildman–Crippen MR) is 81.9 cm³/mol. The molecule has 0 spiro atoms. The summed E-state index contributed by atoms with van der Waals surface area (Å²) in [4.78, 5) is 9.17. The van der Waals surface area contributed by atoms with Gasteiger partial charge in [0.1, 0.15) is 11.6 Å². The van der Waals surface area contributed by atoms with Crippen molar-refractivity contribution < 1.29 is 9.47 Å². The predicted octanol–water partition coefficient (Wildman–Crippen LogP) is 3.12. The molecule has 0 amide bonds. The number of unbranched alkanes of at least 4 members (excludes halogenated alkanes) is 1. The maximum atomic E-state index is 5.76. The molecule has 5 nitrogen and oxygen atoms in total. The molecule has 21 heavy (non-hydrogen) atoms. The smallest absolute Gasteiger partial charge is 0.218 e. The number of ether oxygens (including phenoxy) is 2. The van der Waals surface area contributed by atoms with Crippen LogP contribution in [0.25, 0.3) is 0 Å². The third-order valence-corrected chi connectivity index (χ3v) is 3.95. The highest BCUT2D eigenvalue weighted by molar-refractivity contribution is 5.39. The Balaban J connectivity index is 1.62. The van der Waals surface area contributed by atoms with Crippen molar-refractivity contribution in [1.29, 1.82) is 0 Å². The number of anilines is 1. The Kier molecular flexibility index (Phi) is 4.91. The van der Waals surface area contributed by atoms with E-state index < -0.39 is 0 Å². The Hall–Kier alpha value is -1.36. The van der Waals surface area contributed by atoms with Gasteiger partial charge in [-0.25, -0.2) is 4.98 Å². The summed E-state index contributed by atoms with van der Waals surface area (Å²) in [6, 6.07) is 1.91.